The molecule has 5 rings (SSSR count). The van der Waals surface area contributed by atoms with E-state index in [0.717, 1.165) is 11.3 Å². The number of oxazole rings is 1. The lowest BCUT2D eigenvalue weighted by atomic mass is 9.78. The van der Waals surface area contributed by atoms with E-state index in [0.29, 0.717) is 50.9 Å². The molecular weight excluding hydrogens is 426 g/mol. The summed E-state index contributed by atoms with van der Waals surface area (Å²) in [4.78, 5) is 31.5. The van der Waals surface area contributed by atoms with E-state index in [1.54, 1.807) is 11.9 Å². The predicted octanol–water partition coefficient (Wildman–Crippen LogP) is 2.19. The average molecular weight is 451 g/mol. The minimum atomic E-state index is -0.662. The quantitative estimate of drug-likeness (QED) is 0.611. The maximum Gasteiger partial charge on any atom is 0.413 e. The molecule has 2 aliphatic rings. The number of nitrogens with zero attached hydrogens (tertiary/aromatic N) is 4. The van der Waals surface area contributed by atoms with Crippen LogP contribution in [0, 0.1) is 12.3 Å². The summed E-state index contributed by atoms with van der Waals surface area (Å²) in [5, 5.41) is 6.79. The van der Waals surface area contributed by atoms with E-state index in [4.69, 9.17) is 13.9 Å². The number of carbonyl (C=O) groups is 2. The number of likely N-dealkylation sites (tertiary alicyclic amines) is 1. The Morgan fingerprint density at radius 1 is 1.21 bits per heavy atom. The third-order valence-corrected chi connectivity index (χ3v) is 6.00. The fraction of sp³-hybridized carbons (Fsp3) is 0.391. The summed E-state index contributed by atoms with van der Waals surface area (Å²) < 4.78 is 17.8. The van der Waals surface area contributed by atoms with E-state index in [2.05, 4.69) is 15.4 Å². The van der Waals surface area contributed by atoms with Crippen LogP contribution in [0.2, 0.25) is 0 Å². The van der Waals surface area contributed by atoms with E-state index >= 15 is 0 Å². The second kappa shape index (κ2) is 8.36. The van der Waals surface area contributed by atoms with Gasteiger partial charge >= 0.3 is 6.09 Å². The summed E-state index contributed by atoms with van der Waals surface area (Å²) in [6.45, 7) is 4.82. The van der Waals surface area contributed by atoms with Crippen molar-refractivity contribution in [3.63, 3.8) is 0 Å². The first kappa shape index (κ1) is 21.2. The highest BCUT2D eigenvalue weighted by Crippen LogP contribution is 2.38. The predicted molar refractivity (Wildman–Crippen MR) is 117 cm³/mol. The Balaban J connectivity index is 1.16. The average Bonchev–Trinajstić information content (AvgIpc) is 3.29. The normalized spacial score (nSPS) is 16.2. The summed E-state index contributed by atoms with van der Waals surface area (Å²) in [5.41, 5.74) is 2.03. The van der Waals surface area contributed by atoms with Crippen LogP contribution in [0.4, 0.5) is 4.79 Å². The van der Waals surface area contributed by atoms with Gasteiger partial charge in [0.25, 0.3) is 5.91 Å². The van der Waals surface area contributed by atoms with E-state index in [9.17, 15) is 9.59 Å². The largest absolute Gasteiger partial charge is 0.441 e. The van der Waals surface area contributed by atoms with Crippen LogP contribution in [0.1, 0.15) is 21.8 Å². The molecule has 1 spiro atoms. The lowest BCUT2D eigenvalue weighted by Crippen LogP contribution is -2.67. The maximum atomic E-state index is 12.8. The molecule has 0 aliphatic carbocycles. The van der Waals surface area contributed by atoms with Gasteiger partial charge in [0.2, 0.25) is 11.8 Å². The minimum absolute atomic E-state index is 0.107. The molecule has 10 heteroatoms. The molecule has 0 bridgehead atoms. The summed E-state index contributed by atoms with van der Waals surface area (Å²) in [5.74, 6) is 1.17. The third kappa shape index (κ3) is 4.09. The molecule has 2 fully saturated rings. The Morgan fingerprint density at radius 2 is 1.97 bits per heavy atom. The van der Waals surface area contributed by atoms with Gasteiger partial charge in [-0.2, -0.15) is 5.10 Å². The molecule has 1 N–H and O–H groups in total. The number of benzene rings is 1. The van der Waals surface area contributed by atoms with Gasteiger partial charge < -0.3 is 24.1 Å². The van der Waals surface area contributed by atoms with E-state index in [1.807, 2.05) is 37.3 Å². The number of nitrogens with one attached hydrogen (secondary N) is 1. The molecule has 2 amide bonds. The van der Waals surface area contributed by atoms with E-state index < -0.39 is 6.09 Å². The van der Waals surface area contributed by atoms with Crippen molar-refractivity contribution in [2.75, 3.05) is 32.8 Å². The second-order valence-electron chi connectivity index (χ2n) is 8.60. The number of rotatable bonds is 6. The summed E-state index contributed by atoms with van der Waals surface area (Å²) in [6, 6.07) is 9.63. The maximum absolute atomic E-state index is 12.8. The fourth-order valence-electron chi connectivity index (χ4n) is 4.12. The van der Waals surface area contributed by atoms with Crippen molar-refractivity contribution in [2.24, 2.45) is 12.5 Å². The van der Waals surface area contributed by atoms with Crippen LogP contribution in [-0.4, -0.2) is 64.5 Å². The summed E-state index contributed by atoms with van der Waals surface area (Å²) in [6.07, 6.45) is 1.24. The first-order chi connectivity index (χ1) is 15.9. The molecule has 4 heterocycles. The Bertz CT molecular complexity index is 1170. The van der Waals surface area contributed by atoms with Crippen molar-refractivity contribution in [2.45, 2.75) is 13.3 Å². The van der Waals surface area contributed by atoms with Gasteiger partial charge in [0.05, 0.1) is 30.5 Å². The van der Waals surface area contributed by atoms with Crippen molar-refractivity contribution >= 4 is 12.0 Å². The van der Waals surface area contributed by atoms with Crippen LogP contribution in [0.25, 0.3) is 11.5 Å². The van der Waals surface area contributed by atoms with Crippen LogP contribution >= 0.6 is 0 Å². The Morgan fingerprint density at radius 3 is 2.67 bits per heavy atom. The van der Waals surface area contributed by atoms with Gasteiger partial charge in [-0.25, -0.2) is 14.5 Å². The van der Waals surface area contributed by atoms with Crippen molar-refractivity contribution < 1.29 is 23.5 Å². The monoisotopic (exact) mass is 451 g/mol. The Kier molecular flexibility index (Phi) is 5.37. The van der Waals surface area contributed by atoms with E-state index in [1.165, 1.54) is 10.9 Å². The van der Waals surface area contributed by atoms with Crippen LogP contribution in [0.15, 0.2) is 40.9 Å². The van der Waals surface area contributed by atoms with Gasteiger partial charge in [0.15, 0.2) is 0 Å². The highest BCUT2D eigenvalue weighted by Gasteiger charge is 2.51. The second-order valence-corrected chi connectivity index (χ2v) is 8.60. The number of aryl methyl sites for hydroxylation is 2. The minimum Gasteiger partial charge on any atom is -0.441 e. The van der Waals surface area contributed by atoms with Gasteiger partial charge in [-0.15, -0.1) is 0 Å². The number of carbonyl (C=O) groups excluding carboxylic acids is 2. The zero-order valence-corrected chi connectivity index (χ0v) is 18.5. The van der Waals surface area contributed by atoms with Crippen LogP contribution in [-0.2, 0) is 18.2 Å². The molecule has 0 radical (unpaired) electrons. The number of aromatic nitrogens is 3. The molecule has 2 aromatic heterocycles. The topological polar surface area (TPSA) is 112 Å². The van der Waals surface area contributed by atoms with Gasteiger partial charge in [-0.1, -0.05) is 18.2 Å². The van der Waals surface area contributed by atoms with Gasteiger partial charge in [0, 0.05) is 38.7 Å². The van der Waals surface area contributed by atoms with Gasteiger partial charge in [0.1, 0.15) is 11.3 Å². The van der Waals surface area contributed by atoms with Crippen LogP contribution in [0.5, 0.6) is 5.88 Å². The first-order valence-corrected chi connectivity index (χ1v) is 10.8. The fourth-order valence-corrected chi connectivity index (χ4v) is 4.12. The smallest absolute Gasteiger partial charge is 0.413 e. The molecule has 10 nitrogen and oxygen atoms in total. The molecule has 2 aliphatic heterocycles. The Hall–Kier alpha value is -3.66. The van der Waals surface area contributed by atoms with Crippen molar-refractivity contribution in [3.8, 4) is 17.3 Å². The number of hydrogen-bond acceptors (Lipinski definition) is 7. The highest BCUT2D eigenvalue weighted by atomic mass is 16.6. The van der Waals surface area contributed by atoms with Crippen LogP contribution in [0.3, 0.4) is 0 Å². The van der Waals surface area contributed by atoms with Crippen molar-refractivity contribution in [1.82, 2.24) is 25.0 Å². The van der Waals surface area contributed by atoms with Crippen molar-refractivity contribution in [3.05, 3.63) is 53.5 Å². The molecule has 172 valence electrons. The SMILES string of the molecule is Cc1oc(-c2ccccc2)nc1CCNC(=O)Oc1c(C(=O)N2CC3(COC3)C2)cnn1C. The molecule has 33 heavy (non-hydrogen) atoms. The molecular formula is C23H25N5O5. The zero-order chi connectivity index (χ0) is 23.0. The molecule has 1 aromatic carbocycles. The highest BCUT2D eigenvalue weighted by molar-refractivity contribution is 5.97. The summed E-state index contributed by atoms with van der Waals surface area (Å²) in [7, 11) is 1.63. The Labute approximate surface area is 190 Å². The van der Waals surface area contributed by atoms with Gasteiger partial charge in [-0.3, -0.25) is 4.79 Å². The van der Waals surface area contributed by atoms with Crippen molar-refractivity contribution in [1.29, 1.82) is 0 Å². The first-order valence-electron chi connectivity index (χ1n) is 10.8. The number of hydrogen-bond donors (Lipinski definition) is 1. The lowest BCUT2D eigenvalue weighted by Gasteiger charge is -2.54. The zero-order valence-electron chi connectivity index (χ0n) is 18.5. The lowest BCUT2D eigenvalue weighted by molar-refractivity contribution is -0.176. The van der Waals surface area contributed by atoms with Crippen LogP contribution < -0.4 is 10.1 Å². The molecule has 2 saturated heterocycles. The molecule has 0 atom stereocenters. The van der Waals surface area contributed by atoms with E-state index in [-0.39, 0.29) is 22.8 Å². The standard InChI is InChI=1S/C23H25N5O5/c1-15-18(26-19(32-15)16-6-4-3-5-7-16)8-9-24-22(30)33-21-17(10-25-27(21)2)20(29)28-11-23(12-28)13-31-14-23/h3-7,10H,8-9,11-14H2,1-2H3,(H,24,30). The third-order valence-electron chi connectivity index (χ3n) is 6.00. The number of ether oxygens (including phenoxy) is 2. The molecule has 0 saturated carbocycles. The van der Waals surface area contributed by atoms with Gasteiger partial charge in [-0.05, 0) is 19.1 Å². The number of amides is 2. The molecule has 0 unspecified atom stereocenters. The summed E-state index contributed by atoms with van der Waals surface area (Å²) >= 11 is 0. The molecule has 3 aromatic rings.